The van der Waals surface area contributed by atoms with Crippen molar-refractivity contribution in [3.8, 4) is 5.69 Å². The van der Waals surface area contributed by atoms with Crippen LogP contribution in [0.5, 0.6) is 0 Å². The van der Waals surface area contributed by atoms with Crippen LogP contribution in [0.4, 0.5) is 13.2 Å². The highest BCUT2D eigenvalue weighted by Gasteiger charge is 2.13. The van der Waals surface area contributed by atoms with Crippen LogP contribution in [0.1, 0.15) is 21.6 Å². The lowest BCUT2D eigenvalue weighted by atomic mass is 10.1. The summed E-state index contributed by atoms with van der Waals surface area (Å²) in [6.07, 6.45) is 3.76. The molecule has 0 aliphatic rings. The Morgan fingerprint density at radius 1 is 1.04 bits per heavy atom. The Balaban J connectivity index is 1.87. The van der Waals surface area contributed by atoms with Crippen LogP contribution in [0.25, 0.3) is 11.8 Å². The number of carbonyl (C=O) groups is 1. The zero-order valence-corrected chi connectivity index (χ0v) is 13.2. The van der Waals surface area contributed by atoms with E-state index in [9.17, 15) is 18.0 Å². The third kappa shape index (κ3) is 3.52. The molecule has 6 heteroatoms. The van der Waals surface area contributed by atoms with Crippen LogP contribution in [0.2, 0.25) is 0 Å². The Kier molecular flexibility index (Phi) is 4.52. The van der Waals surface area contributed by atoms with Crippen molar-refractivity contribution in [3.63, 3.8) is 0 Å². The Morgan fingerprint density at radius 2 is 1.72 bits per heavy atom. The first-order valence-corrected chi connectivity index (χ1v) is 7.44. The largest absolute Gasteiger partial charge is 0.289 e. The predicted octanol–water partition coefficient (Wildman–Crippen LogP) is 4.49. The maximum atomic E-state index is 13.6. The van der Waals surface area contributed by atoms with Crippen molar-refractivity contribution in [2.45, 2.75) is 6.92 Å². The van der Waals surface area contributed by atoms with Crippen LogP contribution in [0.15, 0.2) is 54.7 Å². The van der Waals surface area contributed by atoms with Gasteiger partial charge in [-0.2, -0.15) is 5.10 Å². The molecule has 1 heterocycles. The summed E-state index contributed by atoms with van der Waals surface area (Å²) in [5.41, 5.74) is 1.47. The minimum atomic E-state index is -0.621. The Hall–Kier alpha value is -3.15. The lowest BCUT2D eigenvalue weighted by molar-refractivity contribution is 0.104. The summed E-state index contributed by atoms with van der Waals surface area (Å²) in [4.78, 5) is 12.3. The molecule has 1 aromatic heterocycles. The second-order valence-electron chi connectivity index (χ2n) is 5.40. The molecule has 0 spiro atoms. The minimum Gasteiger partial charge on any atom is -0.289 e. The predicted molar refractivity (Wildman–Crippen MR) is 88.0 cm³/mol. The SMILES string of the molecule is Cc1c(C(=O)/C=C/c2cc(F)ccc2F)cnn1-c1ccc(F)cc1. The first-order valence-electron chi connectivity index (χ1n) is 7.44. The molecule has 0 bridgehead atoms. The topological polar surface area (TPSA) is 34.9 Å². The molecular weight excluding hydrogens is 329 g/mol. The Labute approximate surface area is 142 Å². The summed E-state index contributed by atoms with van der Waals surface area (Å²) >= 11 is 0. The summed E-state index contributed by atoms with van der Waals surface area (Å²) < 4.78 is 41.2. The van der Waals surface area contributed by atoms with E-state index < -0.39 is 17.4 Å². The lowest BCUT2D eigenvalue weighted by Crippen LogP contribution is -2.01. The van der Waals surface area contributed by atoms with Gasteiger partial charge in [0.15, 0.2) is 5.78 Å². The third-order valence-electron chi connectivity index (χ3n) is 3.72. The molecule has 3 nitrogen and oxygen atoms in total. The number of carbonyl (C=O) groups excluding carboxylic acids is 1. The van der Waals surface area contributed by atoms with Gasteiger partial charge in [0, 0.05) is 5.56 Å². The smallest absolute Gasteiger partial charge is 0.189 e. The highest BCUT2D eigenvalue weighted by Crippen LogP contribution is 2.17. The summed E-state index contributed by atoms with van der Waals surface area (Å²) in [5, 5.41) is 4.13. The number of hydrogen-bond acceptors (Lipinski definition) is 2. The van der Waals surface area contributed by atoms with Crippen LogP contribution in [-0.2, 0) is 0 Å². The molecule has 0 saturated carbocycles. The first-order chi connectivity index (χ1) is 12.0. The molecule has 126 valence electrons. The van der Waals surface area contributed by atoms with Gasteiger partial charge in [-0.25, -0.2) is 17.9 Å². The average molecular weight is 342 g/mol. The van der Waals surface area contributed by atoms with Gasteiger partial charge < -0.3 is 0 Å². The summed E-state index contributed by atoms with van der Waals surface area (Å²) in [6.45, 7) is 1.69. The van der Waals surface area contributed by atoms with Crippen molar-refractivity contribution in [2.24, 2.45) is 0 Å². The highest BCUT2D eigenvalue weighted by molar-refractivity contribution is 6.07. The molecule has 0 aliphatic heterocycles. The van der Waals surface area contributed by atoms with Crippen LogP contribution in [-0.4, -0.2) is 15.6 Å². The number of aromatic nitrogens is 2. The molecule has 25 heavy (non-hydrogen) atoms. The molecule has 0 N–H and O–H groups in total. The maximum Gasteiger partial charge on any atom is 0.189 e. The van der Waals surface area contributed by atoms with Crippen molar-refractivity contribution in [3.05, 3.63) is 89.0 Å². The zero-order valence-electron chi connectivity index (χ0n) is 13.2. The summed E-state index contributed by atoms with van der Waals surface area (Å²) in [6, 6.07) is 8.69. The number of ketones is 1. The molecule has 0 aliphatic carbocycles. The number of allylic oxidation sites excluding steroid dienone is 1. The fourth-order valence-electron chi connectivity index (χ4n) is 2.39. The Morgan fingerprint density at radius 3 is 2.44 bits per heavy atom. The van der Waals surface area contributed by atoms with E-state index in [0.29, 0.717) is 16.9 Å². The van der Waals surface area contributed by atoms with Gasteiger partial charge >= 0.3 is 0 Å². The van der Waals surface area contributed by atoms with Crippen LogP contribution >= 0.6 is 0 Å². The molecule has 0 radical (unpaired) electrons. The second kappa shape index (κ2) is 6.76. The van der Waals surface area contributed by atoms with Gasteiger partial charge in [0.1, 0.15) is 17.5 Å². The Bertz CT molecular complexity index is 959. The maximum absolute atomic E-state index is 13.6. The number of benzene rings is 2. The quantitative estimate of drug-likeness (QED) is 0.517. The van der Waals surface area contributed by atoms with E-state index in [2.05, 4.69) is 5.10 Å². The molecule has 3 rings (SSSR count). The number of halogens is 3. The molecule has 0 fully saturated rings. The van der Waals surface area contributed by atoms with Gasteiger partial charge in [-0.1, -0.05) is 0 Å². The van der Waals surface area contributed by atoms with Gasteiger partial charge in [0.25, 0.3) is 0 Å². The normalized spacial score (nSPS) is 11.2. The molecule has 0 amide bonds. The number of rotatable bonds is 4. The molecule has 0 saturated heterocycles. The van der Waals surface area contributed by atoms with Crippen molar-refractivity contribution < 1.29 is 18.0 Å². The second-order valence-corrected chi connectivity index (χ2v) is 5.40. The molecule has 0 atom stereocenters. The van der Waals surface area contributed by atoms with Gasteiger partial charge in [-0.05, 0) is 61.5 Å². The van der Waals surface area contributed by atoms with Crippen molar-refractivity contribution in [2.75, 3.05) is 0 Å². The average Bonchev–Trinajstić information content (AvgIpc) is 2.98. The van der Waals surface area contributed by atoms with Gasteiger partial charge in [0.05, 0.1) is 23.1 Å². The van der Waals surface area contributed by atoms with Gasteiger partial charge in [-0.3, -0.25) is 4.79 Å². The van der Waals surface area contributed by atoms with Gasteiger partial charge in [-0.15, -0.1) is 0 Å². The number of hydrogen-bond donors (Lipinski definition) is 0. The first kappa shape index (κ1) is 16.7. The van der Waals surface area contributed by atoms with Gasteiger partial charge in [0.2, 0.25) is 0 Å². The molecule has 2 aromatic carbocycles. The van der Waals surface area contributed by atoms with Crippen molar-refractivity contribution in [1.29, 1.82) is 0 Å². The molecule has 3 aromatic rings. The van der Waals surface area contributed by atoms with E-state index in [1.54, 1.807) is 19.1 Å². The van der Waals surface area contributed by atoms with Crippen molar-refractivity contribution in [1.82, 2.24) is 9.78 Å². The van der Waals surface area contributed by atoms with E-state index in [1.165, 1.54) is 29.1 Å². The molecular formula is C19H13F3N2O. The lowest BCUT2D eigenvalue weighted by Gasteiger charge is -2.04. The summed E-state index contributed by atoms with van der Waals surface area (Å²) in [5.74, 6) is -1.97. The summed E-state index contributed by atoms with van der Waals surface area (Å²) in [7, 11) is 0. The van der Waals surface area contributed by atoms with Crippen LogP contribution in [0.3, 0.4) is 0 Å². The molecule has 0 unspecified atom stereocenters. The monoisotopic (exact) mass is 342 g/mol. The van der Waals surface area contributed by atoms with Crippen molar-refractivity contribution >= 4 is 11.9 Å². The van der Waals surface area contributed by atoms with Crippen LogP contribution in [0, 0.1) is 24.4 Å². The fraction of sp³-hybridized carbons (Fsp3) is 0.0526. The van der Waals surface area contributed by atoms with Crippen LogP contribution < -0.4 is 0 Å². The minimum absolute atomic E-state index is 0.0167. The standard InChI is InChI=1S/C19H13F3N2O/c1-12-17(11-23-24(12)16-6-3-14(20)4-7-16)19(25)9-2-13-10-15(21)5-8-18(13)22/h2-11H,1H3/b9-2+. The van der Waals surface area contributed by atoms with E-state index >= 15 is 0 Å². The highest BCUT2D eigenvalue weighted by atomic mass is 19.1. The van der Waals surface area contributed by atoms with E-state index in [1.807, 2.05) is 0 Å². The van der Waals surface area contributed by atoms with E-state index in [-0.39, 0.29) is 11.4 Å². The third-order valence-corrected chi connectivity index (χ3v) is 3.72. The van der Waals surface area contributed by atoms with E-state index in [0.717, 1.165) is 24.3 Å². The number of nitrogens with zero attached hydrogens (tertiary/aromatic N) is 2. The van der Waals surface area contributed by atoms with E-state index in [4.69, 9.17) is 0 Å². The fourth-order valence-corrected chi connectivity index (χ4v) is 2.39. The zero-order chi connectivity index (χ0) is 18.0.